The zero-order valence-electron chi connectivity index (χ0n) is 42.1. The van der Waals surface area contributed by atoms with E-state index in [0.717, 1.165) is 47.0 Å². The van der Waals surface area contributed by atoms with Crippen molar-refractivity contribution in [3.63, 3.8) is 0 Å². The largest absolute Gasteiger partial charge is 0.488 e. The molecule has 1 fully saturated rings. The number of sulfone groups is 1. The van der Waals surface area contributed by atoms with Gasteiger partial charge in [-0.05, 0) is 66.3 Å². The van der Waals surface area contributed by atoms with Gasteiger partial charge in [0.2, 0.25) is 11.8 Å². The van der Waals surface area contributed by atoms with E-state index in [1.807, 2.05) is 56.4 Å². The lowest BCUT2D eigenvalue weighted by Gasteiger charge is -2.35. The van der Waals surface area contributed by atoms with E-state index in [2.05, 4.69) is 30.8 Å². The first-order chi connectivity index (χ1) is 36.1. The third kappa shape index (κ3) is 18.7. The van der Waals surface area contributed by atoms with Crippen molar-refractivity contribution in [2.24, 2.45) is 5.73 Å². The number of ether oxygens (including phenoxy) is 3. The molecule has 3 aromatic carbocycles. The minimum atomic E-state index is -4.76. The number of halogens is 1. The van der Waals surface area contributed by atoms with Crippen LogP contribution in [0.3, 0.4) is 0 Å². The summed E-state index contributed by atoms with van der Waals surface area (Å²) in [5.41, 5.74) is 11.3. The van der Waals surface area contributed by atoms with Crippen LogP contribution in [0.2, 0.25) is 5.02 Å². The second kappa shape index (κ2) is 26.2. The second-order valence-electron chi connectivity index (χ2n) is 18.2. The van der Waals surface area contributed by atoms with Gasteiger partial charge in [-0.2, -0.15) is 25.3 Å². The monoisotopic (exact) mass is 1170 g/mol. The smallest absolute Gasteiger partial charge is 0.266 e. The van der Waals surface area contributed by atoms with E-state index in [9.17, 15) is 47.8 Å². The van der Waals surface area contributed by atoms with E-state index < -0.39 is 87.9 Å². The SMILES string of the molecule is Cc1c(COc2cc(OCc3cncc(S(C)(=O)=O)c3)c(CN[C@@H](CS(=O)(=O)O)C(=O)NCCS(=O)(=O)O)cc2Cl)cccc1-c1cccc(OCc2cn(CCCN3CCN(C(=O)[C@@H](N)CS(=O)(=O)O)CC3)nn2)c1C. The molecule has 0 spiro atoms. The molecule has 5 aromatic rings. The molecule has 420 valence electrons. The number of nitrogens with zero attached hydrogens (tertiary/aromatic N) is 6. The summed E-state index contributed by atoms with van der Waals surface area (Å²) in [5, 5.41) is 13.5. The van der Waals surface area contributed by atoms with Gasteiger partial charge in [0.15, 0.2) is 9.84 Å². The molecule has 1 saturated heterocycles. The minimum Gasteiger partial charge on any atom is -0.488 e. The number of piperazine rings is 1. The van der Waals surface area contributed by atoms with Crippen LogP contribution in [0.15, 0.2) is 78.1 Å². The Morgan fingerprint density at radius 3 is 2.10 bits per heavy atom. The zero-order chi connectivity index (χ0) is 56.3. The van der Waals surface area contributed by atoms with Gasteiger partial charge in [0.1, 0.15) is 54.8 Å². The van der Waals surface area contributed by atoms with E-state index in [-0.39, 0.29) is 53.3 Å². The van der Waals surface area contributed by atoms with Crippen LogP contribution in [0.25, 0.3) is 11.1 Å². The van der Waals surface area contributed by atoms with E-state index >= 15 is 0 Å². The molecule has 0 saturated carbocycles. The predicted octanol–water partition coefficient (Wildman–Crippen LogP) is 1.85. The predicted molar refractivity (Wildman–Crippen MR) is 282 cm³/mol. The molecule has 2 aromatic heterocycles. The van der Waals surface area contributed by atoms with Crippen molar-refractivity contribution < 1.29 is 71.1 Å². The van der Waals surface area contributed by atoms with E-state index in [1.165, 1.54) is 35.5 Å². The van der Waals surface area contributed by atoms with Crippen LogP contribution < -0.4 is 30.6 Å². The molecule has 0 radical (unpaired) electrons. The summed E-state index contributed by atoms with van der Waals surface area (Å²) in [6.07, 6.45) is 6.18. The number of rotatable bonds is 27. The van der Waals surface area contributed by atoms with Gasteiger partial charge >= 0.3 is 0 Å². The summed E-state index contributed by atoms with van der Waals surface area (Å²) < 4.78 is 141. The number of aromatic nitrogens is 4. The first-order valence-electron chi connectivity index (χ1n) is 23.7. The number of carbonyl (C=O) groups is 2. The van der Waals surface area contributed by atoms with Gasteiger partial charge in [0.25, 0.3) is 30.4 Å². The molecule has 0 aliphatic carbocycles. The highest BCUT2D eigenvalue weighted by Gasteiger charge is 2.29. The van der Waals surface area contributed by atoms with E-state index in [1.54, 1.807) is 4.68 Å². The van der Waals surface area contributed by atoms with Crippen LogP contribution in [-0.2, 0) is 82.7 Å². The number of benzene rings is 3. The first kappa shape index (κ1) is 60.4. The number of carbonyl (C=O) groups excluding carboxylic acids is 2. The van der Waals surface area contributed by atoms with Crippen LogP contribution in [-0.4, -0.2) is 164 Å². The number of aryl methyl sites for hydroxylation is 1. The fourth-order valence-corrected chi connectivity index (χ4v) is 10.7. The molecular formula is C47H60ClN9O16S4. The molecule has 30 heteroatoms. The van der Waals surface area contributed by atoms with Gasteiger partial charge in [0.05, 0.1) is 33.4 Å². The van der Waals surface area contributed by atoms with Crippen molar-refractivity contribution in [3.8, 4) is 28.4 Å². The quantitative estimate of drug-likeness (QED) is 0.0409. The van der Waals surface area contributed by atoms with E-state index in [4.69, 9.17) is 40.7 Å². The summed E-state index contributed by atoms with van der Waals surface area (Å²) in [4.78, 5) is 33.1. The van der Waals surface area contributed by atoms with Crippen molar-refractivity contribution in [2.45, 2.75) is 70.2 Å². The topological polar surface area (TPSA) is 359 Å². The normalized spacial score (nSPS) is 14.5. The molecule has 7 N–H and O–H groups in total. The second-order valence-corrected chi connectivity index (χ2v) is 25.2. The fraction of sp³-hybridized carbons (Fsp3) is 0.426. The maximum atomic E-state index is 13.0. The number of hydrogen-bond donors (Lipinski definition) is 6. The summed E-state index contributed by atoms with van der Waals surface area (Å²) in [6.45, 7) is 6.26. The zero-order valence-corrected chi connectivity index (χ0v) is 46.1. The minimum absolute atomic E-state index is 0.0244. The third-order valence-electron chi connectivity index (χ3n) is 12.2. The lowest BCUT2D eigenvalue weighted by atomic mass is 9.93. The van der Waals surface area contributed by atoms with Crippen molar-refractivity contribution in [1.82, 2.24) is 40.4 Å². The molecule has 1 aliphatic rings. The molecule has 0 unspecified atom stereocenters. The third-order valence-corrected chi connectivity index (χ3v) is 15.8. The Balaban J connectivity index is 1.10. The Labute approximate surface area is 451 Å². The number of hydrogen-bond acceptors (Lipinski definition) is 19. The highest BCUT2D eigenvalue weighted by Crippen LogP contribution is 2.37. The average Bonchev–Trinajstić information content (AvgIpc) is 3.80. The summed E-state index contributed by atoms with van der Waals surface area (Å²) in [6, 6.07) is 12.8. The molecule has 6 rings (SSSR count). The van der Waals surface area contributed by atoms with Gasteiger partial charge in [0, 0.05) is 88.2 Å². The first-order valence-corrected chi connectivity index (χ1v) is 30.8. The van der Waals surface area contributed by atoms with E-state index in [0.29, 0.717) is 49.7 Å². The maximum Gasteiger partial charge on any atom is 0.266 e. The van der Waals surface area contributed by atoms with Crippen LogP contribution >= 0.6 is 11.6 Å². The maximum absolute atomic E-state index is 13.0. The lowest BCUT2D eigenvalue weighted by Crippen LogP contribution is -2.54. The summed E-state index contributed by atoms with van der Waals surface area (Å²) in [5.74, 6) is -3.40. The van der Waals surface area contributed by atoms with Crippen LogP contribution in [0, 0.1) is 13.8 Å². The highest BCUT2D eigenvalue weighted by molar-refractivity contribution is 7.90. The lowest BCUT2D eigenvalue weighted by molar-refractivity contribution is -0.133. The van der Waals surface area contributed by atoms with Gasteiger partial charge in [-0.1, -0.05) is 47.1 Å². The van der Waals surface area contributed by atoms with Gasteiger partial charge in [-0.3, -0.25) is 37.8 Å². The van der Waals surface area contributed by atoms with Crippen molar-refractivity contribution in [1.29, 1.82) is 0 Å². The molecule has 0 bridgehead atoms. The Bertz CT molecular complexity index is 3380. The molecule has 1 aliphatic heterocycles. The van der Waals surface area contributed by atoms with Gasteiger partial charge < -0.3 is 35.5 Å². The van der Waals surface area contributed by atoms with Gasteiger partial charge in [-0.15, -0.1) is 5.10 Å². The molecule has 77 heavy (non-hydrogen) atoms. The van der Waals surface area contributed by atoms with Crippen LogP contribution in [0.5, 0.6) is 17.2 Å². The summed E-state index contributed by atoms with van der Waals surface area (Å²) >= 11 is 6.78. The number of amides is 2. The highest BCUT2D eigenvalue weighted by atomic mass is 35.5. The Morgan fingerprint density at radius 2 is 1.43 bits per heavy atom. The van der Waals surface area contributed by atoms with Gasteiger partial charge in [-0.25, -0.2) is 8.42 Å². The standard InChI is InChI=1S/C47H60ClN9O16S4/c1-31-34(7-4-8-38(31)39-9-5-10-43(32(39)2)73-28-36-25-57(54-53-36)13-6-12-55-14-16-56(17-15-55)47(59)41(49)29-76(65,66)67)27-72-45-21-44(71-26-33-19-37(24-50-22-33)74(3,60)61)35(20-40(45)48)23-52-42(30-77(68,69)70)46(58)51-11-18-75(62,63)64/h4-5,7-10,19-22,24-25,41-42,52H,6,11-18,23,26-30,49H2,1-3H3,(H,51,58)(H,62,63,64)(H,65,66,67)(H,68,69,70)/t41-,42-/m0/s1. The summed E-state index contributed by atoms with van der Waals surface area (Å²) in [7, 11) is -17.2. The Kier molecular flexibility index (Phi) is 20.5. The molecule has 25 nitrogen and oxygen atoms in total. The molecule has 2 amide bonds. The Morgan fingerprint density at radius 1 is 0.766 bits per heavy atom. The molecule has 2 atom stereocenters. The average molecular weight is 1170 g/mol. The number of pyridine rings is 1. The van der Waals surface area contributed by atoms with Crippen LogP contribution in [0.1, 0.15) is 39.9 Å². The van der Waals surface area contributed by atoms with Crippen LogP contribution in [0.4, 0.5) is 0 Å². The van der Waals surface area contributed by atoms with Crippen molar-refractivity contribution >= 4 is 63.6 Å². The molecular weight excluding hydrogens is 1110 g/mol. The Hall–Kier alpha value is -5.86. The fourth-order valence-electron chi connectivity index (χ4n) is 8.16. The van der Waals surface area contributed by atoms with Crippen molar-refractivity contribution in [2.75, 3.05) is 62.8 Å². The molecule has 3 heterocycles. The number of nitrogens with two attached hydrogens (primary N) is 1. The van der Waals surface area contributed by atoms with Crippen molar-refractivity contribution in [3.05, 3.63) is 112 Å². The number of nitrogens with one attached hydrogen (secondary N) is 2.